The Balaban J connectivity index is 2.13. The first-order valence-electron chi connectivity index (χ1n) is 33.9. The molecule has 0 radical (unpaired) electrons. The fourth-order valence-electron chi connectivity index (χ4n) is 11.3. The van der Waals surface area contributed by atoms with E-state index >= 15 is 0 Å². The summed E-state index contributed by atoms with van der Waals surface area (Å²) in [6.07, 6.45) is 66.0. The van der Waals surface area contributed by atoms with Crippen LogP contribution in [0.25, 0.3) is 0 Å². The number of unbranched alkanes of at least 4 members (excludes halogenated alkanes) is 50. The number of hydrogen-bond acceptors (Lipinski definition) is 8. The van der Waals surface area contributed by atoms with Gasteiger partial charge in [-0.3, -0.25) is 4.79 Å². The molecular formula is C67H131NO8. The monoisotopic (exact) mass is 1080 g/mol. The number of hydrogen-bond donors (Lipinski definition) is 6. The van der Waals surface area contributed by atoms with Crippen molar-refractivity contribution in [1.29, 1.82) is 0 Å². The van der Waals surface area contributed by atoms with Gasteiger partial charge >= 0.3 is 0 Å². The maximum Gasteiger partial charge on any atom is 0.220 e. The number of carbonyl (C=O) groups excluding carboxylic acids is 1. The third kappa shape index (κ3) is 45.6. The average Bonchev–Trinajstić information content (AvgIpc) is 3.42. The second kappa shape index (κ2) is 57.2. The minimum Gasteiger partial charge on any atom is -0.394 e. The van der Waals surface area contributed by atoms with E-state index in [4.69, 9.17) is 9.47 Å². The van der Waals surface area contributed by atoms with Crippen LogP contribution >= 0.6 is 0 Å². The van der Waals surface area contributed by atoms with Gasteiger partial charge in [-0.1, -0.05) is 341 Å². The minimum atomic E-state index is -1.56. The first-order chi connectivity index (χ1) is 37.3. The lowest BCUT2D eigenvalue weighted by molar-refractivity contribution is -0.302. The molecule has 1 saturated heterocycles. The van der Waals surface area contributed by atoms with Gasteiger partial charge in [-0.15, -0.1) is 0 Å². The molecule has 0 aliphatic carbocycles. The molecule has 1 aliphatic heterocycles. The predicted molar refractivity (Wildman–Crippen MR) is 323 cm³/mol. The van der Waals surface area contributed by atoms with Crippen LogP contribution in [0.4, 0.5) is 0 Å². The van der Waals surface area contributed by atoms with Gasteiger partial charge in [0.1, 0.15) is 24.4 Å². The van der Waals surface area contributed by atoms with Crippen LogP contribution in [-0.2, 0) is 14.3 Å². The highest BCUT2D eigenvalue weighted by Crippen LogP contribution is 2.23. The Morgan fingerprint density at radius 2 is 0.724 bits per heavy atom. The highest BCUT2D eigenvalue weighted by Gasteiger charge is 2.44. The molecule has 7 atom stereocenters. The number of nitrogens with one attached hydrogen (secondary N) is 1. The van der Waals surface area contributed by atoms with Gasteiger partial charge in [-0.25, -0.2) is 0 Å². The van der Waals surface area contributed by atoms with E-state index in [2.05, 4.69) is 19.2 Å². The third-order valence-electron chi connectivity index (χ3n) is 16.6. The maximum atomic E-state index is 13.1. The van der Waals surface area contributed by atoms with Crippen molar-refractivity contribution >= 4 is 5.91 Å². The minimum absolute atomic E-state index is 0.167. The van der Waals surface area contributed by atoms with Crippen LogP contribution in [0, 0.1) is 0 Å². The SMILES string of the molecule is CCCCCCCCCCCCCCCCCCCCCCCCC/C=C/C(O)C(COC1OC(CO)C(O)C(O)C1O)NC(=O)CCCCCCCCCCCCCCCCCCCCCCCCCCCCCC. The summed E-state index contributed by atoms with van der Waals surface area (Å²) in [5, 5.41) is 54.7. The molecule has 1 amide bonds. The zero-order valence-electron chi connectivity index (χ0n) is 50.5. The van der Waals surface area contributed by atoms with Crippen LogP contribution < -0.4 is 5.32 Å². The van der Waals surface area contributed by atoms with Crippen LogP contribution in [0.5, 0.6) is 0 Å². The van der Waals surface area contributed by atoms with Gasteiger partial charge in [0.2, 0.25) is 5.91 Å². The Morgan fingerprint density at radius 3 is 1.03 bits per heavy atom. The van der Waals surface area contributed by atoms with Crippen molar-refractivity contribution in [2.45, 2.75) is 397 Å². The first-order valence-corrected chi connectivity index (χ1v) is 33.9. The summed E-state index contributed by atoms with van der Waals surface area (Å²) in [6.45, 7) is 3.84. The van der Waals surface area contributed by atoms with Crippen molar-refractivity contribution in [1.82, 2.24) is 5.32 Å². The lowest BCUT2D eigenvalue weighted by atomic mass is 9.99. The molecule has 0 spiro atoms. The van der Waals surface area contributed by atoms with Crippen LogP contribution in [-0.4, -0.2) is 87.5 Å². The van der Waals surface area contributed by atoms with Crippen molar-refractivity contribution in [2.24, 2.45) is 0 Å². The Kier molecular flexibility index (Phi) is 54.9. The standard InChI is InChI=1S/C67H131NO8/c1-3-5-7-9-11-13-15-17-19-21-23-25-27-29-30-31-33-35-37-39-41-43-45-47-49-51-53-55-57-63(71)68-60(59-75-67-66(74)65(73)64(72)62(58-69)76-67)61(70)56-54-52-50-48-46-44-42-40-38-36-34-32-28-26-24-22-20-18-16-14-12-10-8-6-4-2/h54,56,60-62,64-67,69-70,72-74H,3-53,55,57-59H2,1-2H3,(H,68,71)/b56-54+. The molecule has 0 aromatic heterocycles. The molecule has 0 saturated carbocycles. The van der Waals surface area contributed by atoms with Gasteiger partial charge in [-0.05, 0) is 19.3 Å². The van der Waals surface area contributed by atoms with Crippen molar-refractivity contribution in [3.63, 3.8) is 0 Å². The molecule has 1 heterocycles. The summed E-state index contributed by atoms with van der Waals surface area (Å²) in [7, 11) is 0. The molecule has 6 N–H and O–H groups in total. The summed E-state index contributed by atoms with van der Waals surface area (Å²) >= 11 is 0. The normalized spacial score (nSPS) is 18.8. The average molecular weight is 1080 g/mol. The smallest absolute Gasteiger partial charge is 0.220 e. The van der Waals surface area contributed by atoms with Gasteiger partial charge in [0.25, 0.3) is 0 Å². The second-order valence-electron chi connectivity index (χ2n) is 24.0. The molecule has 0 aromatic carbocycles. The van der Waals surface area contributed by atoms with E-state index in [1.807, 2.05) is 6.08 Å². The third-order valence-corrected chi connectivity index (χ3v) is 16.6. The van der Waals surface area contributed by atoms with E-state index in [1.165, 1.54) is 295 Å². The van der Waals surface area contributed by atoms with Gasteiger partial charge in [0.15, 0.2) is 6.29 Å². The Bertz CT molecular complexity index is 1200. The van der Waals surface area contributed by atoms with Crippen LogP contribution in [0.3, 0.4) is 0 Å². The molecule has 9 heteroatoms. The van der Waals surface area contributed by atoms with E-state index in [0.29, 0.717) is 6.42 Å². The maximum absolute atomic E-state index is 13.1. The molecule has 1 rings (SSSR count). The number of ether oxygens (including phenoxy) is 2. The quantitative estimate of drug-likeness (QED) is 0.0261. The van der Waals surface area contributed by atoms with E-state index < -0.39 is 49.5 Å². The molecule has 9 nitrogen and oxygen atoms in total. The molecular weight excluding hydrogens is 947 g/mol. The van der Waals surface area contributed by atoms with Gasteiger partial charge in [0.05, 0.1) is 25.4 Å². The predicted octanol–water partition coefficient (Wildman–Crippen LogP) is 17.9. The summed E-state index contributed by atoms with van der Waals surface area (Å²) in [5.41, 5.74) is 0. The molecule has 0 bridgehead atoms. The first kappa shape index (κ1) is 72.9. The van der Waals surface area contributed by atoms with Crippen LogP contribution in [0.1, 0.15) is 354 Å². The fourth-order valence-corrected chi connectivity index (χ4v) is 11.3. The number of aliphatic hydroxyl groups is 5. The van der Waals surface area contributed by atoms with Crippen molar-refractivity contribution in [3.8, 4) is 0 Å². The highest BCUT2D eigenvalue weighted by atomic mass is 16.7. The largest absolute Gasteiger partial charge is 0.394 e. The zero-order chi connectivity index (χ0) is 55.0. The molecule has 452 valence electrons. The highest BCUT2D eigenvalue weighted by molar-refractivity contribution is 5.76. The van der Waals surface area contributed by atoms with Crippen LogP contribution in [0.15, 0.2) is 12.2 Å². The van der Waals surface area contributed by atoms with E-state index in [1.54, 1.807) is 6.08 Å². The van der Waals surface area contributed by atoms with Gasteiger partial charge in [0, 0.05) is 6.42 Å². The Labute approximate surface area is 471 Å². The Hall–Kier alpha value is -1.07. The molecule has 1 aliphatic rings. The molecule has 0 aromatic rings. The second-order valence-corrected chi connectivity index (χ2v) is 24.0. The van der Waals surface area contributed by atoms with E-state index in [-0.39, 0.29) is 12.5 Å². The molecule has 76 heavy (non-hydrogen) atoms. The summed E-state index contributed by atoms with van der Waals surface area (Å²) in [6, 6.07) is -0.802. The zero-order valence-corrected chi connectivity index (χ0v) is 50.5. The topological polar surface area (TPSA) is 149 Å². The fraction of sp³-hybridized carbons (Fsp3) is 0.955. The van der Waals surface area contributed by atoms with Gasteiger partial charge in [-0.2, -0.15) is 0 Å². The summed E-state index contributed by atoms with van der Waals surface area (Å²) in [4.78, 5) is 13.1. The van der Waals surface area contributed by atoms with Crippen molar-refractivity contribution in [2.75, 3.05) is 13.2 Å². The molecule has 1 fully saturated rings. The lowest BCUT2D eigenvalue weighted by Gasteiger charge is -2.40. The number of rotatable bonds is 60. The van der Waals surface area contributed by atoms with Gasteiger partial charge < -0.3 is 40.3 Å². The van der Waals surface area contributed by atoms with E-state index in [9.17, 15) is 30.3 Å². The number of allylic oxidation sites excluding steroid dienone is 1. The summed E-state index contributed by atoms with van der Waals surface area (Å²) < 4.78 is 11.3. The summed E-state index contributed by atoms with van der Waals surface area (Å²) in [5.74, 6) is -0.167. The number of amides is 1. The van der Waals surface area contributed by atoms with Crippen molar-refractivity contribution < 1.29 is 39.8 Å². The van der Waals surface area contributed by atoms with Crippen LogP contribution in [0.2, 0.25) is 0 Å². The van der Waals surface area contributed by atoms with Crippen molar-refractivity contribution in [3.05, 3.63) is 12.2 Å². The lowest BCUT2D eigenvalue weighted by Crippen LogP contribution is -2.60. The number of aliphatic hydroxyl groups excluding tert-OH is 5. The molecule has 7 unspecified atom stereocenters. The van der Waals surface area contributed by atoms with E-state index in [0.717, 1.165) is 38.5 Å². The number of carbonyl (C=O) groups is 1. The Morgan fingerprint density at radius 1 is 0.434 bits per heavy atom.